The minimum atomic E-state index is -0.0465. The highest BCUT2D eigenvalue weighted by molar-refractivity contribution is 5.95. The highest BCUT2D eigenvalue weighted by Crippen LogP contribution is 2.31. The van der Waals surface area contributed by atoms with Crippen molar-refractivity contribution >= 4 is 11.8 Å². The van der Waals surface area contributed by atoms with E-state index >= 15 is 0 Å². The number of piperidine rings is 1. The lowest BCUT2D eigenvalue weighted by molar-refractivity contribution is -0.139. The van der Waals surface area contributed by atoms with Crippen LogP contribution in [0.5, 0.6) is 0 Å². The molecule has 3 fully saturated rings. The van der Waals surface area contributed by atoms with Crippen LogP contribution in [0.1, 0.15) is 53.6 Å². The number of carbonyl (C=O) groups is 2. The van der Waals surface area contributed by atoms with Gasteiger partial charge in [-0.25, -0.2) is 0 Å². The van der Waals surface area contributed by atoms with Crippen LogP contribution < -0.4 is 5.32 Å². The summed E-state index contributed by atoms with van der Waals surface area (Å²) in [5.41, 5.74) is 2.97. The summed E-state index contributed by atoms with van der Waals surface area (Å²) in [6.45, 7) is 7.29. The van der Waals surface area contributed by atoms with Crippen LogP contribution in [-0.4, -0.2) is 59.9 Å². The molecule has 2 amide bonds. The Hall–Kier alpha value is -1.88. The number of carbonyl (C=O) groups excluding carboxylic acids is 2. The fraction of sp³-hybridized carbons (Fsp3) is 0.636. The molecule has 5 nitrogen and oxygen atoms in total. The smallest absolute Gasteiger partial charge is 0.253 e. The molecule has 3 aliphatic rings. The molecule has 3 atom stereocenters. The van der Waals surface area contributed by atoms with Gasteiger partial charge in [0.2, 0.25) is 5.91 Å². The van der Waals surface area contributed by atoms with E-state index < -0.39 is 0 Å². The van der Waals surface area contributed by atoms with Crippen LogP contribution in [0.3, 0.4) is 0 Å². The molecule has 3 saturated heterocycles. The van der Waals surface area contributed by atoms with E-state index in [4.69, 9.17) is 0 Å². The van der Waals surface area contributed by atoms with Gasteiger partial charge in [0, 0.05) is 37.3 Å². The van der Waals surface area contributed by atoms with Crippen LogP contribution >= 0.6 is 0 Å². The number of hydrogen-bond acceptors (Lipinski definition) is 3. The third-order valence-electron chi connectivity index (χ3n) is 6.44. The molecule has 3 unspecified atom stereocenters. The largest absolute Gasteiger partial charge is 0.338 e. The van der Waals surface area contributed by atoms with Crippen LogP contribution in [0, 0.1) is 19.8 Å². The quantitative estimate of drug-likeness (QED) is 0.871. The summed E-state index contributed by atoms with van der Waals surface area (Å²) in [4.78, 5) is 30.5. The number of aryl methyl sites for hydroxylation is 2. The van der Waals surface area contributed by atoms with Crippen LogP contribution in [0.4, 0.5) is 0 Å². The van der Waals surface area contributed by atoms with E-state index in [9.17, 15) is 9.59 Å². The number of fused-ring (bicyclic) bond motifs is 2. The van der Waals surface area contributed by atoms with Crippen LogP contribution in [0.2, 0.25) is 0 Å². The predicted octanol–water partition coefficient (Wildman–Crippen LogP) is 2.51. The standard InChI is InChI=1S/C22H31N3O2/c1-15-10-16(2)12-18(11-15)21(26)24-9-3-4-17(14-24)22(27)25-19-5-6-20(25)13-23-8-7-19/h10-12,17,19-20,23H,3-9,13-14H2,1-2H3. The van der Waals surface area contributed by atoms with Crippen molar-refractivity contribution in [2.24, 2.45) is 5.92 Å². The van der Waals surface area contributed by atoms with Gasteiger partial charge in [-0.15, -0.1) is 0 Å². The Morgan fingerprint density at radius 3 is 2.52 bits per heavy atom. The Bertz CT molecular complexity index is 698. The molecule has 4 rings (SSSR count). The maximum atomic E-state index is 13.3. The number of rotatable bonds is 2. The van der Waals surface area contributed by atoms with E-state index in [0.717, 1.165) is 68.4 Å². The molecule has 0 aliphatic carbocycles. The zero-order chi connectivity index (χ0) is 19.0. The minimum Gasteiger partial charge on any atom is -0.338 e. The van der Waals surface area contributed by atoms with Crippen molar-refractivity contribution in [2.75, 3.05) is 26.2 Å². The van der Waals surface area contributed by atoms with Crippen molar-refractivity contribution in [2.45, 2.75) is 58.0 Å². The molecule has 27 heavy (non-hydrogen) atoms. The van der Waals surface area contributed by atoms with Crippen LogP contribution in [0.25, 0.3) is 0 Å². The Labute approximate surface area is 162 Å². The van der Waals surface area contributed by atoms with Crippen LogP contribution in [0.15, 0.2) is 18.2 Å². The van der Waals surface area contributed by atoms with Gasteiger partial charge in [-0.2, -0.15) is 0 Å². The topological polar surface area (TPSA) is 52.7 Å². The normalized spacial score (nSPS) is 28.1. The second-order valence-electron chi connectivity index (χ2n) is 8.59. The first-order valence-electron chi connectivity index (χ1n) is 10.4. The average Bonchev–Trinajstić information content (AvgIpc) is 2.92. The van der Waals surface area contributed by atoms with E-state index in [1.807, 2.05) is 30.9 Å². The Morgan fingerprint density at radius 2 is 1.74 bits per heavy atom. The molecule has 1 N–H and O–H groups in total. The third-order valence-corrected chi connectivity index (χ3v) is 6.44. The van der Waals surface area contributed by atoms with Gasteiger partial charge in [0.25, 0.3) is 5.91 Å². The van der Waals surface area contributed by atoms with E-state index in [1.165, 1.54) is 0 Å². The highest BCUT2D eigenvalue weighted by atomic mass is 16.2. The molecule has 0 spiro atoms. The number of likely N-dealkylation sites (tertiary alicyclic amines) is 1. The van der Waals surface area contributed by atoms with Gasteiger partial charge in [0.15, 0.2) is 0 Å². The molecular formula is C22H31N3O2. The average molecular weight is 370 g/mol. The molecule has 2 bridgehead atoms. The lowest BCUT2D eigenvalue weighted by Gasteiger charge is -2.37. The summed E-state index contributed by atoms with van der Waals surface area (Å²) in [7, 11) is 0. The lowest BCUT2D eigenvalue weighted by Crippen LogP contribution is -2.50. The number of hydrogen-bond donors (Lipinski definition) is 1. The molecular weight excluding hydrogens is 338 g/mol. The number of benzene rings is 1. The van der Waals surface area contributed by atoms with Crippen molar-refractivity contribution in [3.8, 4) is 0 Å². The van der Waals surface area contributed by atoms with Crippen LogP contribution in [-0.2, 0) is 4.79 Å². The maximum Gasteiger partial charge on any atom is 0.253 e. The molecule has 5 heteroatoms. The summed E-state index contributed by atoms with van der Waals surface area (Å²) in [5.74, 6) is 0.304. The number of amides is 2. The second kappa shape index (κ2) is 7.63. The molecule has 3 aliphatic heterocycles. The van der Waals surface area contributed by atoms with E-state index in [1.54, 1.807) is 0 Å². The molecule has 146 valence electrons. The third kappa shape index (κ3) is 3.75. The van der Waals surface area contributed by atoms with E-state index in [0.29, 0.717) is 18.6 Å². The first kappa shape index (κ1) is 18.5. The minimum absolute atomic E-state index is 0.0465. The second-order valence-corrected chi connectivity index (χ2v) is 8.59. The van der Waals surface area contributed by atoms with Gasteiger partial charge in [-0.3, -0.25) is 9.59 Å². The molecule has 3 heterocycles. The van der Waals surface area contributed by atoms with Gasteiger partial charge in [0.1, 0.15) is 0 Å². The summed E-state index contributed by atoms with van der Waals surface area (Å²) < 4.78 is 0. The monoisotopic (exact) mass is 369 g/mol. The van der Waals surface area contributed by atoms with E-state index in [-0.39, 0.29) is 17.7 Å². The van der Waals surface area contributed by atoms with Crippen molar-refractivity contribution in [3.05, 3.63) is 34.9 Å². The van der Waals surface area contributed by atoms with Crippen molar-refractivity contribution < 1.29 is 9.59 Å². The number of nitrogens with one attached hydrogen (secondary N) is 1. The zero-order valence-electron chi connectivity index (χ0n) is 16.5. The van der Waals surface area contributed by atoms with Crippen molar-refractivity contribution in [1.82, 2.24) is 15.1 Å². The summed E-state index contributed by atoms with van der Waals surface area (Å²) in [5, 5.41) is 3.47. The molecule has 1 aromatic carbocycles. The van der Waals surface area contributed by atoms with Crippen molar-refractivity contribution in [1.29, 1.82) is 0 Å². The van der Waals surface area contributed by atoms with Gasteiger partial charge >= 0.3 is 0 Å². The van der Waals surface area contributed by atoms with Crippen molar-refractivity contribution in [3.63, 3.8) is 0 Å². The molecule has 0 radical (unpaired) electrons. The first-order valence-corrected chi connectivity index (χ1v) is 10.4. The Kier molecular flexibility index (Phi) is 5.22. The van der Waals surface area contributed by atoms with Gasteiger partial charge in [-0.1, -0.05) is 17.2 Å². The Balaban J connectivity index is 1.47. The van der Waals surface area contributed by atoms with Gasteiger partial charge in [-0.05, 0) is 64.6 Å². The Morgan fingerprint density at radius 1 is 1.00 bits per heavy atom. The number of nitrogens with zero attached hydrogens (tertiary/aromatic N) is 2. The highest BCUT2D eigenvalue weighted by Gasteiger charge is 2.41. The SMILES string of the molecule is Cc1cc(C)cc(C(=O)N2CCCC(C(=O)N3C4CCNCC3CC4)C2)c1. The van der Waals surface area contributed by atoms with Gasteiger partial charge in [0.05, 0.1) is 5.92 Å². The predicted molar refractivity (Wildman–Crippen MR) is 106 cm³/mol. The molecule has 1 aromatic rings. The summed E-state index contributed by atoms with van der Waals surface area (Å²) in [6, 6.07) is 6.74. The zero-order valence-corrected chi connectivity index (χ0v) is 16.5. The lowest BCUT2D eigenvalue weighted by atomic mass is 9.94. The van der Waals surface area contributed by atoms with E-state index in [2.05, 4.69) is 16.3 Å². The summed E-state index contributed by atoms with van der Waals surface area (Å²) in [6.07, 6.45) is 5.12. The summed E-state index contributed by atoms with van der Waals surface area (Å²) >= 11 is 0. The maximum absolute atomic E-state index is 13.3. The molecule has 0 aromatic heterocycles. The fourth-order valence-electron chi connectivity index (χ4n) is 5.20. The van der Waals surface area contributed by atoms with Gasteiger partial charge < -0.3 is 15.1 Å². The first-order chi connectivity index (χ1) is 13.0. The molecule has 0 saturated carbocycles. The fourth-order valence-corrected chi connectivity index (χ4v) is 5.20.